The molecule has 0 heterocycles. The molecule has 1 saturated carbocycles. The maximum Gasteiger partial charge on any atom is 0.119 e. The molecule has 3 nitrogen and oxygen atoms in total. The summed E-state index contributed by atoms with van der Waals surface area (Å²) in [6.07, 6.45) is 6.36. The molecular weight excluding hydrogens is 238 g/mol. The van der Waals surface area contributed by atoms with E-state index in [1.807, 2.05) is 30.3 Å². The van der Waals surface area contributed by atoms with E-state index in [0.29, 0.717) is 13.2 Å². The molecule has 19 heavy (non-hydrogen) atoms. The van der Waals surface area contributed by atoms with E-state index in [1.54, 1.807) is 0 Å². The van der Waals surface area contributed by atoms with Crippen molar-refractivity contribution in [3.8, 4) is 5.75 Å². The van der Waals surface area contributed by atoms with E-state index in [0.717, 1.165) is 18.2 Å². The number of hydrogen-bond acceptors (Lipinski definition) is 3. The summed E-state index contributed by atoms with van der Waals surface area (Å²) >= 11 is 0. The Balaban J connectivity index is 1.55. The van der Waals surface area contributed by atoms with Crippen molar-refractivity contribution in [2.75, 3.05) is 19.7 Å². The summed E-state index contributed by atoms with van der Waals surface area (Å²) in [6, 6.07) is 9.63. The third-order valence-electron chi connectivity index (χ3n) is 3.72. The average molecular weight is 263 g/mol. The first kappa shape index (κ1) is 14.4. The van der Waals surface area contributed by atoms with E-state index >= 15 is 0 Å². The van der Waals surface area contributed by atoms with Crippen molar-refractivity contribution in [3.63, 3.8) is 0 Å². The Labute approximate surface area is 116 Å². The monoisotopic (exact) mass is 263 g/mol. The molecule has 1 aromatic rings. The van der Waals surface area contributed by atoms with Gasteiger partial charge in [-0.05, 0) is 37.4 Å². The van der Waals surface area contributed by atoms with Gasteiger partial charge in [-0.1, -0.05) is 37.5 Å². The fraction of sp³-hybridized carbons (Fsp3) is 0.625. The summed E-state index contributed by atoms with van der Waals surface area (Å²) in [6.45, 7) is 1.99. The number of hydrogen-bond donors (Lipinski definition) is 2. The van der Waals surface area contributed by atoms with Crippen LogP contribution in [0.2, 0.25) is 0 Å². The molecule has 1 aliphatic carbocycles. The van der Waals surface area contributed by atoms with Gasteiger partial charge in [-0.2, -0.15) is 0 Å². The molecule has 3 heteroatoms. The molecule has 1 aliphatic rings. The summed E-state index contributed by atoms with van der Waals surface area (Å²) in [4.78, 5) is 0. The van der Waals surface area contributed by atoms with Gasteiger partial charge in [0, 0.05) is 6.54 Å². The molecule has 0 saturated heterocycles. The topological polar surface area (TPSA) is 41.5 Å². The van der Waals surface area contributed by atoms with Gasteiger partial charge in [-0.25, -0.2) is 0 Å². The third kappa shape index (κ3) is 5.62. The molecule has 0 aliphatic heterocycles. The SMILES string of the molecule is O[C@H](CNCC1CCCCC1)COc1ccccc1. The Morgan fingerprint density at radius 3 is 2.63 bits per heavy atom. The van der Waals surface area contributed by atoms with Gasteiger partial charge in [0.25, 0.3) is 0 Å². The van der Waals surface area contributed by atoms with Crippen molar-refractivity contribution in [1.29, 1.82) is 0 Å². The Morgan fingerprint density at radius 1 is 1.16 bits per heavy atom. The minimum atomic E-state index is -0.441. The normalized spacial score (nSPS) is 18.2. The van der Waals surface area contributed by atoms with Crippen LogP contribution in [-0.2, 0) is 0 Å². The van der Waals surface area contributed by atoms with Crippen LogP contribution in [0.5, 0.6) is 5.75 Å². The van der Waals surface area contributed by atoms with Gasteiger partial charge in [0.15, 0.2) is 0 Å². The van der Waals surface area contributed by atoms with E-state index in [-0.39, 0.29) is 0 Å². The standard InChI is InChI=1S/C16H25NO2/c18-15(13-19-16-9-5-2-6-10-16)12-17-11-14-7-3-1-4-8-14/h2,5-6,9-10,14-15,17-18H,1,3-4,7-8,11-13H2/t15-/m1/s1. The summed E-state index contributed by atoms with van der Waals surface area (Å²) in [5.41, 5.74) is 0. The predicted octanol–water partition coefficient (Wildman–Crippen LogP) is 2.60. The zero-order valence-corrected chi connectivity index (χ0v) is 11.6. The molecule has 0 spiro atoms. The van der Waals surface area contributed by atoms with Crippen LogP contribution in [-0.4, -0.2) is 30.9 Å². The number of aliphatic hydroxyl groups excluding tert-OH is 1. The van der Waals surface area contributed by atoms with Gasteiger partial charge in [0.05, 0.1) is 0 Å². The van der Waals surface area contributed by atoms with E-state index < -0.39 is 6.10 Å². The highest BCUT2D eigenvalue weighted by atomic mass is 16.5. The molecular formula is C16H25NO2. The van der Waals surface area contributed by atoms with E-state index in [4.69, 9.17) is 4.74 Å². The van der Waals surface area contributed by atoms with E-state index in [9.17, 15) is 5.11 Å². The zero-order chi connectivity index (χ0) is 13.3. The van der Waals surface area contributed by atoms with E-state index in [2.05, 4.69) is 5.32 Å². The highest BCUT2D eigenvalue weighted by Gasteiger charge is 2.13. The second kappa shape index (κ2) is 8.18. The van der Waals surface area contributed by atoms with Crippen LogP contribution in [0.4, 0.5) is 0 Å². The maximum atomic E-state index is 9.85. The number of ether oxygens (including phenoxy) is 1. The van der Waals surface area contributed by atoms with Gasteiger partial charge >= 0.3 is 0 Å². The predicted molar refractivity (Wildman–Crippen MR) is 77.4 cm³/mol. The van der Waals surface area contributed by atoms with Crippen molar-refractivity contribution in [3.05, 3.63) is 30.3 Å². The lowest BCUT2D eigenvalue weighted by atomic mass is 9.89. The fourth-order valence-electron chi connectivity index (χ4n) is 2.61. The molecule has 2 N–H and O–H groups in total. The van der Waals surface area contributed by atoms with Crippen LogP contribution in [0.1, 0.15) is 32.1 Å². The summed E-state index contributed by atoms with van der Waals surface area (Å²) < 4.78 is 5.52. The molecule has 0 unspecified atom stereocenters. The van der Waals surface area contributed by atoms with Gasteiger partial charge in [0.2, 0.25) is 0 Å². The summed E-state index contributed by atoms with van der Waals surface area (Å²) in [7, 11) is 0. The quantitative estimate of drug-likeness (QED) is 0.794. The first-order chi connectivity index (χ1) is 9.34. The van der Waals surface area contributed by atoms with Gasteiger partial charge in [-0.15, -0.1) is 0 Å². The van der Waals surface area contributed by atoms with Crippen LogP contribution in [0, 0.1) is 5.92 Å². The number of benzene rings is 1. The molecule has 0 aromatic heterocycles. The molecule has 0 radical (unpaired) electrons. The first-order valence-electron chi connectivity index (χ1n) is 7.41. The Hall–Kier alpha value is -1.06. The molecule has 2 rings (SSSR count). The Morgan fingerprint density at radius 2 is 1.89 bits per heavy atom. The Bertz CT molecular complexity index is 336. The van der Waals surface area contributed by atoms with Crippen molar-refractivity contribution in [1.82, 2.24) is 5.32 Å². The first-order valence-corrected chi connectivity index (χ1v) is 7.41. The summed E-state index contributed by atoms with van der Waals surface area (Å²) in [5.74, 6) is 1.62. The third-order valence-corrected chi connectivity index (χ3v) is 3.72. The number of para-hydroxylation sites is 1. The maximum absolute atomic E-state index is 9.85. The van der Waals surface area contributed by atoms with Crippen LogP contribution in [0.15, 0.2) is 30.3 Å². The second-order valence-corrected chi connectivity index (χ2v) is 5.44. The largest absolute Gasteiger partial charge is 0.491 e. The molecule has 0 bridgehead atoms. The molecule has 1 aromatic carbocycles. The second-order valence-electron chi connectivity index (χ2n) is 5.44. The molecule has 1 fully saturated rings. The minimum Gasteiger partial charge on any atom is -0.491 e. The lowest BCUT2D eigenvalue weighted by molar-refractivity contribution is 0.105. The summed E-state index contributed by atoms with van der Waals surface area (Å²) in [5, 5.41) is 13.2. The fourth-order valence-corrected chi connectivity index (χ4v) is 2.61. The van der Waals surface area contributed by atoms with Crippen LogP contribution < -0.4 is 10.1 Å². The highest BCUT2D eigenvalue weighted by molar-refractivity contribution is 5.20. The van der Waals surface area contributed by atoms with Crippen molar-refractivity contribution < 1.29 is 9.84 Å². The molecule has 106 valence electrons. The lowest BCUT2D eigenvalue weighted by Gasteiger charge is -2.22. The van der Waals surface area contributed by atoms with Gasteiger partial charge < -0.3 is 15.2 Å². The van der Waals surface area contributed by atoms with Crippen LogP contribution in [0.3, 0.4) is 0 Å². The van der Waals surface area contributed by atoms with Crippen molar-refractivity contribution in [2.24, 2.45) is 5.92 Å². The number of nitrogens with one attached hydrogen (secondary N) is 1. The zero-order valence-electron chi connectivity index (χ0n) is 11.6. The van der Waals surface area contributed by atoms with Crippen molar-refractivity contribution >= 4 is 0 Å². The van der Waals surface area contributed by atoms with Crippen LogP contribution >= 0.6 is 0 Å². The number of rotatable bonds is 7. The average Bonchev–Trinajstić information content (AvgIpc) is 2.47. The Kier molecular flexibility index (Phi) is 6.18. The highest BCUT2D eigenvalue weighted by Crippen LogP contribution is 2.22. The van der Waals surface area contributed by atoms with E-state index in [1.165, 1.54) is 32.1 Å². The van der Waals surface area contributed by atoms with Crippen LogP contribution in [0.25, 0.3) is 0 Å². The van der Waals surface area contributed by atoms with Crippen molar-refractivity contribution in [2.45, 2.75) is 38.2 Å². The minimum absolute atomic E-state index is 0.349. The van der Waals surface area contributed by atoms with Gasteiger partial charge in [0.1, 0.15) is 18.5 Å². The molecule has 1 atom stereocenters. The number of aliphatic hydroxyl groups is 1. The molecule has 0 amide bonds. The smallest absolute Gasteiger partial charge is 0.119 e. The van der Waals surface area contributed by atoms with Gasteiger partial charge in [-0.3, -0.25) is 0 Å². The lowest BCUT2D eigenvalue weighted by Crippen LogP contribution is -2.34.